The number of carbonyl (C=O) groups is 2. The van der Waals surface area contributed by atoms with Crippen LogP contribution in [0.3, 0.4) is 0 Å². The van der Waals surface area contributed by atoms with E-state index in [4.69, 9.17) is 14.2 Å². The molecule has 1 fully saturated rings. The van der Waals surface area contributed by atoms with Crippen molar-refractivity contribution in [2.75, 3.05) is 14.2 Å². The Balaban J connectivity index is 1.77. The maximum absolute atomic E-state index is 13.3. The number of aliphatic hydroxyl groups is 1. The van der Waals surface area contributed by atoms with E-state index in [2.05, 4.69) is 0 Å². The van der Waals surface area contributed by atoms with Crippen molar-refractivity contribution in [3.63, 3.8) is 0 Å². The molecule has 202 valence electrons. The van der Waals surface area contributed by atoms with Crippen LogP contribution in [0.4, 0.5) is 0 Å². The van der Waals surface area contributed by atoms with E-state index in [0.717, 1.165) is 31.2 Å². The number of benzene rings is 2. The summed E-state index contributed by atoms with van der Waals surface area (Å²) in [6, 6.07) is 9.92. The van der Waals surface area contributed by atoms with E-state index in [0.29, 0.717) is 17.2 Å². The number of Topliss-reactive ketones (excluding diaryl/α,β-unsaturated/α-hetero) is 1. The Morgan fingerprint density at radius 2 is 1.54 bits per heavy atom. The topological polar surface area (TPSA) is 123 Å². The molecule has 1 saturated carbocycles. The lowest BCUT2D eigenvalue weighted by Gasteiger charge is -2.31. The second kappa shape index (κ2) is 13.3. The zero-order valence-electron chi connectivity index (χ0n) is 21.8. The highest BCUT2D eigenvalue weighted by atomic mass is 16.6. The number of aliphatic hydroxyl groups excluding tert-OH is 1. The van der Waals surface area contributed by atoms with Gasteiger partial charge in [-0.15, -0.1) is 0 Å². The fourth-order valence-electron chi connectivity index (χ4n) is 5.26. The highest BCUT2D eigenvalue weighted by Gasteiger charge is 2.31. The van der Waals surface area contributed by atoms with Gasteiger partial charge in [-0.05, 0) is 60.1 Å². The van der Waals surface area contributed by atoms with Crippen molar-refractivity contribution < 1.29 is 39.1 Å². The van der Waals surface area contributed by atoms with Crippen molar-refractivity contribution in [1.82, 2.24) is 0 Å². The van der Waals surface area contributed by atoms with Crippen LogP contribution in [-0.2, 0) is 20.7 Å². The first-order chi connectivity index (χ1) is 17.7. The van der Waals surface area contributed by atoms with E-state index in [1.807, 2.05) is 6.07 Å². The molecule has 0 bridgehead atoms. The Morgan fingerprint density at radius 1 is 0.919 bits per heavy atom. The monoisotopic (exact) mass is 514 g/mol. The molecule has 0 saturated heterocycles. The number of aromatic hydroxyl groups is 2. The van der Waals surface area contributed by atoms with Crippen LogP contribution in [0.25, 0.3) is 0 Å². The van der Waals surface area contributed by atoms with Crippen molar-refractivity contribution in [2.45, 2.75) is 76.4 Å². The Labute approximate surface area is 218 Å². The summed E-state index contributed by atoms with van der Waals surface area (Å²) in [6.07, 6.45) is 3.52. The highest BCUT2D eigenvalue weighted by molar-refractivity contribution is 5.80. The van der Waals surface area contributed by atoms with E-state index in [1.54, 1.807) is 24.3 Å². The SMILES string of the molecule is COc1cc(C[C@H](O)[C@H](CC(=O)C[C@@H](c2ccc(O)c(OC)c2)C2CCCCC2)OC(C)=O)ccc1O. The fraction of sp³-hybridized carbons (Fsp3) is 0.517. The van der Waals surface area contributed by atoms with Crippen molar-refractivity contribution in [3.05, 3.63) is 47.5 Å². The molecule has 3 atom stereocenters. The number of phenols is 2. The first kappa shape index (κ1) is 28.3. The largest absolute Gasteiger partial charge is 0.504 e. The van der Waals surface area contributed by atoms with Gasteiger partial charge in [0.2, 0.25) is 0 Å². The Hall–Kier alpha value is -3.26. The van der Waals surface area contributed by atoms with Crippen LogP contribution in [0.2, 0.25) is 0 Å². The minimum atomic E-state index is -1.12. The van der Waals surface area contributed by atoms with Crippen molar-refractivity contribution in [3.8, 4) is 23.0 Å². The molecule has 0 aliphatic heterocycles. The number of ketones is 1. The minimum Gasteiger partial charge on any atom is -0.504 e. The molecule has 0 unspecified atom stereocenters. The molecule has 2 aromatic rings. The highest BCUT2D eigenvalue weighted by Crippen LogP contribution is 2.41. The summed E-state index contributed by atoms with van der Waals surface area (Å²) in [4.78, 5) is 25.1. The molecule has 0 amide bonds. The van der Waals surface area contributed by atoms with Crippen molar-refractivity contribution in [2.24, 2.45) is 5.92 Å². The van der Waals surface area contributed by atoms with Crippen LogP contribution in [0.5, 0.6) is 23.0 Å². The van der Waals surface area contributed by atoms with Gasteiger partial charge in [-0.2, -0.15) is 0 Å². The Kier molecular flexibility index (Phi) is 10.2. The number of phenolic OH excluding ortho intramolecular Hbond substituents is 2. The summed E-state index contributed by atoms with van der Waals surface area (Å²) < 4.78 is 15.8. The third-order valence-corrected chi connectivity index (χ3v) is 7.16. The number of ether oxygens (including phenoxy) is 3. The minimum absolute atomic E-state index is 0.0212. The molecule has 3 rings (SSSR count). The number of esters is 1. The number of carbonyl (C=O) groups excluding carboxylic acids is 2. The number of hydrogen-bond donors (Lipinski definition) is 3. The molecular formula is C29H38O8. The first-order valence-corrected chi connectivity index (χ1v) is 12.8. The smallest absolute Gasteiger partial charge is 0.303 e. The van der Waals surface area contributed by atoms with E-state index >= 15 is 0 Å². The Morgan fingerprint density at radius 3 is 2.16 bits per heavy atom. The second-order valence-corrected chi connectivity index (χ2v) is 9.81. The van der Waals surface area contributed by atoms with Gasteiger partial charge in [0, 0.05) is 26.2 Å². The van der Waals surface area contributed by atoms with Gasteiger partial charge in [0.1, 0.15) is 11.9 Å². The third-order valence-electron chi connectivity index (χ3n) is 7.16. The standard InChI is InChI=1S/C29H38O8/c1-18(30)37-29(26(34)13-19-9-11-24(32)27(14-19)35-2)17-22(31)16-23(20-7-5-4-6-8-20)21-10-12-25(33)28(15-21)36-3/h9-12,14-15,20,23,26,29,32-34H,4-8,13,16-17H2,1-3H3/t23-,26+,29+/m1/s1. The predicted molar refractivity (Wildman–Crippen MR) is 138 cm³/mol. The number of methoxy groups -OCH3 is 2. The summed E-state index contributed by atoms with van der Waals surface area (Å²) in [7, 11) is 2.93. The maximum atomic E-state index is 13.3. The van der Waals surface area contributed by atoms with E-state index in [9.17, 15) is 24.9 Å². The third kappa shape index (κ3) is 7.86. The first-order valence-electron chi connectivity index (χ1n) is 12.8. The van der Waals surface area contributed by atoms with Crippen LogP contribution in [0.15, 0.2) is 36.4 Å². The lowest BCUT2D eigenvalue weighted by Crippen LogP contribution is -2.35. The zero-order valence-corrected chi connectivity index (χ0v) is 21.8. The quantitative estimate of drug-likeness (QED) is 0.350. The molecule has 0 heterocycles. The van der Waals surface area contributed by atoms with Gasteiger partial charge in [0.15, 0.2) is 23.0 Å². The van der Waals surface area contributed by atoms with Gasteiger partial charge < -0.3 is 29.5 Å². The molecule has 8 heteroatoms. The molecular weight excluding hydrogens is 476 g/mol. The average molecular weight is 515 g/mol. The van der Waals surface area contributed by atoms with E-state index in [-0.39, 0.29) is 48.2 Å². The Bertz CT molecular complexity index is 1060. The van der Waals surface area contributed by atoms with E-state index in [1.165, 1.54) is 33.6 Å². The summed E-state index contributed by atoms with van der Waals surface area (Å²) in [5.74, 6) is 0.208. The molecule has 0 aromatic heterocycles. The van der Waals surface area contributed by atoms with Crippen LogP contribution < -0.4 is 9.47 Å². The molecule has 3 N–H and O–H groups in total. The molecule has 1 aliphatic rings. The molecule has 37 heavy (non-hydrogen) atoms. The van der Waals surface area contributed by atoms with Gasteiger partial charge in [0.25, 0.3) is 0 Å². The fourth-order valence-corrected chi connectivity index (χ4v) is 5.26. The summed E-state index contributed by atoms with van der Waals surface area (Å²) >= 11 is 0. The van der Waals surface area contributed by atoms with Gasteiger partial charge in [-0.3, -0.25) is 9.59 Å². The molecule has 2 aromatic carbocycles. The molecule has 8 nitrogen and oxygen atoms in total. The molecule has 0 spiro atoms. The average Bonchev–Trinajstić information content (AvgIpc) is 2.88. The molecule has 1 aliphatic carbocycles. The normalized spacial score (nSPS) is 16.4. The summed E-state index contributed by atoms with van der Waals surface area (Å²) in [6.45, 7) is 1.25. The van der Waals surface area contributed by atoms with Gasteiger partial charge in [-0.1, -0.05) is 31.4 Å². The summed E-state index contributed by atoms with van der Waals surface area (Å²) in [5.41, 5.74) is 1.60. The summed E-state index contributed by atoms with van der Waals surface area (Å²) in [5, 5.41) is 30.8. The van der Waals surface area contributed by atoms with Crippen LogP contribution >= 0.6 is 0 Å². The second-order valence-electron chi connectivity index (χ2n) is 9.81. The van der Waals surface area contributed by atoms with Gasteiger partial charge >= 0.3 is 5.97 Å². The van der Waals surface area contributed by atoms with Crippen LogP contribution in [-0.4, -0.2) is 53.5 Å². The maximum Gasteiger partial charge on any atom is 0.303 e. The molecule has 0 radical (unpaired) electrons. The lowest BCUT2D eigenvalue weighted by atomic mass is 9.74. The lowest BCUT2D eigenvalue weighted by molar-refractivity contribution is -0.154. The van der Waals surface area contributed by atoms with Crippen LogP contribution in [0.1, 0.15) is 68.9 Å². The predicted octanol–water partition coefficient (Wildman–Crippen LogP) is 4.66. The zero-order chi connectivity index (χ0) is 26.9. The van der Waals surface area contributed by atoms with Gasteiger partial charge in [0.05, 0.1) is 20.3 Å². The van der Waals surface area contributed by atoms with Gasteiger partial charge in [-0.25, -0.2) is 0 Å². The van der Waals surface area contributed by atoms with Crippen molar-refractivity contribution in [1.29, 1.82) is 0 Å². The van der Waals surface area contributed by atoms with Crippen LogP contribution in [0, 0.1) is 5.92 Å². The number of hydrogen-bond acceptors (Lipinski definition) is 8. The number of rotatable bonds is 12. The van der Waals surface area contributed by atoms with Crippen molar-refractivity contribution >= 4 is 11.8 Å². The van der Waals surface area contributed by atoms with E-state index < -0.39 is 18.2 Å².